The average molecular weight is 348 g/mol. The molecule has 0 aliphatic carbocycles. The van der Waals surface area contributed by atoms with Gasteiger partial charge < -0.3 is 4.57 Å². The molecule has 26 heavy (non-hydrogen) atoms. The number of aromatic nitrogens is 3. The van der Waals surface area contributed by atoms with E-state index in [4.69, 9.17) is 0 Å². The highest BCUT2D eigenvalue weighted by Gasteiger charge is 1.96. The molecule has 3 heteroatoms. The Balaban J connectivity index is 0.000000238. The van der Waals surface area contributed by atoms with Gasteiger partial charge in [0.25, 0.3) is 0 Å². The van der Waals surface area contributed by atoms with Crippen LogP contribution in [0.25, 0.3) is 23.8 Å². The summed E-state index contributed by atoms with van der Waals surface area (Å²) in [5, 5.41) is 2.15. The quantitative estimate of drug-likeness (QED) is 0.693. The first kappa shape index (κ1) is 21.1. The molecule has 0 atom stereocenters. The van der Waals surface area contributed by atoms with Gasteiger partial charge in [-0.15, -0.1) is 0 Å². The van der Waals surface area contributed by atoms with Crippen molar-refractivity contribution in [2.45, 2.75) is 27.7 Å². The summed E-state index contributed by atoms with van der Waals surface area (Å²) < 4.78 is 2.03. The maximum absolute atomic E-state index is 4.06. The predicted octanol–water partition coefficient (Wildman–Crippen LogP) is 4.27. The molecule has 0 aliphatic heterocycles. The lowest BCUT2D eigenvalue weighted by Gasteiger charge is -1.93. The largest absolute Gasteiger partial charge is 0.357 e. The Hall–Kier alpha value is -2.94. The number of aryl methyl sites for hydroxylation is 2. The standard InChI is InChI=1S/C11H13N.C10H10N2.C2H6/c1-4-5-6-11-9(2)7-12-8-10(11)3;1-12-6-4-10(8-12)9-3-2-5-11-7-9;1-2/h4-8H,2H2,1,3H3;2-8H,1H3;1-2H3/b5-4-,11-6+;;. The number of hydrogen-bond donors (Lipinski definition) is 0. The van der Waals surface area contributed by atoms with Gasteiger partial charge in [-0.25, -0.2) is 0 Å². The molecule has 0 saturated carbocycles. The molecular formula is C23H29N3. The van der Waals surface area contributed by atoms with Gasteiger partial charge in [-0.1, -0.05) is 44.7 Å². The van der Waals surface area contributed by atoms with E-state index in [0.29, 0.717) is 0 Å². The molecule has 136 valence electrons. The van der Waals surface area contributed by atoms with Crippen molar-refractivity contribution in [2.75, 3.05) is 0 Å². The van der Waals surface area contributed by atoms with Gasteiger partial charge in [0.15, 0.2) is 0 Å². The minimum absolute atomic E-state index is 0.980. The highest BCUT2D eigenvalue weighted by atomic mass is 14.9. The van der Waals surface area contributed by atoms with Crippen molar-refractivity contribution in [1.29, 1.82) is 0 Å². The number of allylic oxidation sites excluding steroid dienone is 2. The maximum atomic E-state index is 4.06. The second-order valence-corrected chi connectivity index (χ2v) is 5.53. The van der Waals surface area contributed by atoms with Crippen LogP contribution in [0.4, 0.5) is 0 Å². The molecular weight excluding hydrogens is 318 g/mol. The summed E-state index contributed by atoms with van der Waals surface area (Å²) in [6, 6.07) is 6.08. The van der Waals surface area contributed by atoms with Crippen molar-refractivity contribution in [3.05, 3.63) is 83.5 Å². The molecule has 3 heterocycles. The van der Waals surface area contributed by atoms with Crippen LogP contribution in [0.1, 0.15) is 26.3 Å². The van der Waals surface area contributed by atoms with E-state index in [1.807, 2.05) is 76.1 Å². The SMILES string of the molecule is C=c1cncc(C)/c1=C/C=C\C.CC.Cn1ccc(-c2cccnc2)c1. The normalized spacial score (nSPS) is 10.7. The van der Waals surface area contributed by atoms with Crippen LogP contribution in [0.3, 0.4) is 0 Å². The fourth-order valence-electron chi connectivity index (χ4n) is 2.27. The molecule has 3 aromatic rings. The van der Waals surface area contributed by atoms with E-state index in [1.165, 1.54) is 16.3 Å². The number of nitrogens with zero attached hydrogens (tertiary/aromatic N) is 3. The van der Waals surface area contributed by atoms with Crippen molar-refractivity contribution in [2.24, 2.45) is 7.05 Å². The Kier molecular flexibility index (Phi) is 9.40. The third-order valence-corrected chi connectivity index (χ3v) is 3.55. The summed E-state index contributed by atoms with van der Waals surface area (Å²) in [5.41, 5.74) is 3.55. The molecule has 0 N–H and O–H groups in total. The van der Waals surface area contributed by atoms with Gasteiger partial charge in [0, 0.05) is 55.4 Å². The Labute approximate surface area is 157 Å². The van der Waals surface area contributed by atoms with E-state index >= 15 is 0 Å². The Morgan fingerprint density at radius 2 is 1.81 bits per heavy atom. The lowest BCUT2D eigenvalue weighted by molar-refractivity contribution is 0.928. The zero-order valence-electron chi connectivity index (χ0n) is 16.5. The average Bonchev–Trinajstić information content (AvgIpc) is 3.11. The topological polar surface area (TPSA) is 30.7 Å². The van der Waals surface area contributed by atoms with Crippen LogP contribution >= 0.6 is 0 Å². The van der Waals surface area contributed by atoms with E-state index in [0.717, 1.165) is 10.8 Å². The van der Waals surface area contributed by atoms with Gasteiger partial charge in [0.1, 0.15) is 0 Å². The van der Waals surface area contributed by atoms with Gasteiger partial charge in [0.2, 0.25) is 0 Å². The number of hydrogen-bond acceptors (Lipinski definition) is 2. The summed E-state index contributed by atoms with van der Waals surface area (Å²) in [4.78, 5) is 8.11. The highest BCUT2D eigenvalue weighted by molar-refractivity contribution is 5.61. The van der Waals surface area contributed by atoms with Crippen LogP contribution in [0.15, 0.2) is 67.5 Å². The number of pyridine rings is 2. The Morgan fingerprint density at radius 1 is 1.04 bits per heavy atom. The van der Waals surface area contributed by atoms with E-state index in [2.05, 4.69) is 41.0 Å². The van der Waals surface area contributed by atoms with Crippen LogP contribution in [0.5, 0.6) is 0 Å². The molecule has 3 aromatic heterocycles. The van der Waals surface area contributed by atoms with Gasteiger partial charge >= 0.3 is 0 Å². The fraction of sp³-hybridized carbons (Fsp3) is 0.217. The van der Waals surface area contributed by atoms with Crippen molar-refractivity contribution in [1.82, 2.24) is 14.5 Å². The first-order chi connectivity index (χ1) is 12.6. The molecule has 0 saturated heterocycles. The third-order valence-electron chi connectivity index (χ3n) is 3.55. The van der Waals surface area contributed by atoms with Crippen molar-refractivity contribution >= 4 is 12.7 Å². The summed E-state index contributed by atoms with van der Waals surface area (Å²) in [7, 11) is 2.01. The second-order valence-electron chi connectivity index (χ2n) is 5.53. The van der Waals surface area contributed by atoms with Gasteiger partial charge in [-0.3, -0.25) is 9.97 Å². The van der Waals surface area contributed by atoms with Crippen LogP contribution in [0, 0.1) is 6.92 Å². The molecule has 0 radical (unpaired) electrons. The van der Waals surface area contributed by atoms with Crippen LogP contribution in [0.2, 0.25) is 0 Å². The van der Waals surface area contributed by atoms with Crippen LogP contribution in [-0.2, 0) is 7.05 Å². The monoisotopic (exact) mass is 347 g/mol. The molecule has 0 aliphatic rings. The van der Waals surface area contributed by atoms with E-state index in [1.54, 1.807) is 12.4 Å². The van der Waals surface area contributed by atoms with Crippen molar-refractivity contribution in [3.8, 4) is 11.1 Å². The minimum Gasteiger partial charge on any atom is -0.357 e. The van der Waals surface area contributed by atoms with Crippen LogP contribution in [-0.4, -0.2) is 14.5 Å². The molecule has 0 unspecified atom stereocenters. The first-order valence-corrected chi connectivity index (χ1v) is 8.86. The highest BCUT2D eigenvalue weighted by Crippen LogP contribution is 2.16. The lowest BCUT2D eigenvalue weighted by atomic mass is 10.2. The zero-order valence-corrected chi connectivity index (χ0v) is 16.5. The van der Waals surface area contributed by atoms with Gasteiger partial charge in [0.05, 0.1) is 0 Å². The Morgan fingerprint density at radius 3 is 2.35 bits per heavy atom. The fourth-order valence-corrected chi connectivity index (χ4v) is 2.27. The lowest BCUT2D eigenvalue weighted by Crippen LogP contribution is -2.26. The van der Waals surface area contributed by atoms with Gasteiger partial charge in [-0.05, 0) is 42.0 Å². The van der Waals surface area contributed by atoms with Crippen molar-refractivity contribution < 1.29 is 0 Å². The van der Waals surface area contributed by atoms with E-state index < -0.39 is 0 Å². The Bertz CT molecular complexity index is 906. The molecule has 0 aromatic carbocycles. The minimum atomic E-state index is 0.980. The molecule has 3 nitrogen and oxygen atoms in total. The summed E-state index contributed by atoms with van der Waals surface area (Å²) in [6.45, 7) is 11.9. The van der Waals surface area contributed by atoms with Crippen LogP contribution < -0.4 is 10.4 Å². The molecule has 0 fully saturated rings. The summed E-state index contributed by atoms with van der Waals surface area (Å²) >= 11 is 0. The summed E-state index contributed by atoms with van der Waals surface area (Å²) in [5.74, 6) is 0. The first-order valence-electron chi connectivity index (χ1n) is 8.86. The molecule has 0 spiro atoms. The number of rotatable bonds is 2. The smallest absolute Gasteiger partial charge is 0.0346 e. The molecule has 3 rings (SSSR count). The summed E-state index contributed by atoms with van der Waals surface area (Å²) in [6.07, 6.45) is 17.5. The third kappa shape index (κ3) is 6.52. The van der Waals surface area contributed by atoms with E-state index in [-0.39, 0.29) is 0 Å². The van der Waals surface area contributed by atoms with E-state index in [9.17, 15) is 0 Å². The molecule has 0 bridgehead atoms. The second kappa shape index (κ2) is 11.6. The molecule has 0 amide bonds. The maximum Gasteiger partial charge on any atom is 0.0346 e. The van der Waals surface area contributed by atoms with Crippen molar-refractivity contribution in [3.63, 3.8) is 0 Å². The van der Waals surface area contributed by atoms with Gasteiger partial charge in [-0.2, -0.15) is 0 Å². The predicted molar refractivity (Wildman–Crippen MR) is 113 cm³/mol. The zero-order chi connectivity index (χ0) is 19.4.